The van der Waals surface area contributed by atoms with Gasteiger partial charge in [-0.3, -0.25) is 0 Å². The minimum atomic E-state index is 0.0700. The average Bonchev–Trinajstić information content (AvgIpc) is 2.47. The van der Waals surface area contributed by atoms with Gasteiger partial charge in [-0.1, -0.05) is 45.0 Å². The molecule has 0 bridgehead atoms. The lowest BCUT2D eigenvalue weighted by Crippen LogP contribution is -2.08. The van der Waals surface area contributed by atoms with Crippen molar-refractivity contribution in [3.05, 3.63) is 59.7 Å². The summed E-state index contributed by atoms with van der Waals surface area (Å²) in [6, 6.07) is 16.3. The van der Waals surface area contributed by atoms with E-state index in [9.17, 15) is 0 Å². The van der Waals surface area contributed by atoms with Gasteiger partial charge in [-0.2, -0.15) is 0 Å². The lowest BCUT2D eigenvalue weighted by molar-refractivity contribution is 0.480. The summed E-state index contributed by atoms with van der Waals surface area (Å²) in [7, 11) is 0. The summed E-state index contributed by atoms with van der Waals surface area (Å²) >= 11 is 0. The second kappa shape index (κ2) is 6.58. The van der Waals surface area contributed by atoms with Crippen LogP contribution in [0.15, 0.2) is 48.5 Å². The van der Waals surface area contributed by atoms with Gasteiger partial charge in [0.15, 0.2) is 0 Å². The predicted molar refractivity (Wildman–Crippen MR) is 84.3 cm³/mol. The largest absolute Gasteiger partial charge is 0.457 e. The van der Waals surface area contributed by atoms with Crippen LogP contribution in [0, 0.1) is 0 Å². The molecule has 20 heavy (non-hydrogen) atoms. The maximum Gasteiger partial charge on any atom is 0.127 e. The molecule has 1 atom stereocenters. The van der Waals surface area contributed by atoms with Crippen LogP contribution in [0.25, 0.3) is 0 Å². The van der Waals surface area contributed by atoms with Crippen molar-refractivity contribution >= 4 is 0 Å². The van der Waals surface area contributed by atoms with Crippen molar-refractivity contribution in [3.8, 4) is 11.5 Å². The Morgan fingerprint density at radius 3 is 2.05 bits per heavy atom. The Labute approximate surface area is 121 Å². The van der Waals surface area contributed by atoms with E-state index in [0.717, 1.165) is 23.5 Å². The van der Waals surface area contributed by atoms with E-state index in [1.165, 1.54) is 5.56 Å². The molecule has 0 heterocycles. The molecular formula is C18H23NO. The van der Waals surface area contributed by atoms with Gasteiger partial charge in [-0.05, 0) is 47.7 Å². The fraction of sp³-hybridized carbons (Fsp3) is 0.333. The van der Waals surface area contributed by atoms with E-state index in [4.69, 9.17) is 10.5 Å². The number of nitrogens with two attached hydrogens (primary N) is 1. The molecule has 0 saturated heterocycles. The van der Waals surface area contributed by atoms with Crippen molar-refractivity contribution in [1.82, 2.24) is 0 Å². The quantitative estimate of drug-likeness (QED) is 0.827. The Balaban J connectivity index is 2.19. The second-order valence-corrected chi connectivity index (χ2v) is 5.42. The van der Waals surface area contributed by atoms with Crippen LogP contribution in [0.4, 0.5) is 0 Å². The zero-order chi connectivity index (χ0) is 14.5. The number of ether oxygens (including phenoxy) is 1. The summed E-state index contributed by atoms with van der Waals surface area (Å²) in [5.74, 6) is 2.21. The van der Waals surface area contributed by atoms with Crippen molar-refractivity contribution in [2.24, 2.45) is 5.73 Å². The van der Waals surface area contributed by atoms with Crippen LogP contribution in [0.5, 0.6) is 11.5 Å². The molecule has 2 nitrogen and oxygen atoms in total. The maximum atomic E-state index is 6.06. The van der Waals surface area contributed by atoms with Gasteiger partial charge in [0.1, 0.15) is 11.5 Å². The van der Waals surface area contributed by atoms with Gasteiger partial charge in [-0.15, -0.1) is 0 Å². The first-order valence-electron chi connectivity index (χ1n) is 7.23. The Morgan fingerprint density at radius 2 is 1.50 bits per heavy atom. The van der Waals surface area contributed by atoms with E-state index < -0.39 is 0 Å². The first-order valence-corrected chi connectivity index (χ1v) is 7.23. The Hall–Kier alpha value is -1.80. The number of hydrogen-bond acceptors (Lipinski definition) is 2. The third-order valence-electron chi connectivity index (χ3n) is 3.49. The molecule has 2 rings (SSSR count). The van der Waals surface area contributed by atoms with Gasteiger partial charge in [0.25, 0.3) is 0 Å². The van der Waals surface area contributed by atoms with Crippen molar-refractivity contribution in [3.63, 3.8) is 0 Å². The molecule has 0 spiro atoms. The molecule has 0 saturated carbocycles. The maximum absolute atomic E-state index is 6.06. The van der Waals surface area contributed by atoms with Crippen molar-refractivity contribution < 1.29 is 4.74 Å². The van der Waals surface area contributed by atoms with Crippen LogP contribution in [0.2, 0.25) is 0 Å². The van der Waals surface area contributed by atoms with Crippen LogP contribution in [0.3, 0.4) is 0 Å². The highest BCUT2D eigenvalue weighted by Gasteiger charge is 2.06. The molecular weight excluding hydrogens is 246 g/mol. The number of rotatable bonds is 5. The number of hydrogen-bond donors (Lipinski definition) is 1. The normalized spacial score (nSPS) is 12.4. The molecule has 0 aromatic heterocycles. The summed E-state index contributed by atoms with van der Waals surface area (Å²) in [6.45, 7) is 6.45. The molecule has 2 N–H and O–H groups in total. The first kappa shape index (κ1) is 14.6. The summed E-state index contributed by atoms with van der Waals surface area (Å²) < 4.78 is 5.95. The van der Waals surface area contributed by atoms with Crippen LogP contribution < -0.4 is 10.5 Å². The zero-order valence-electron chi connectivity index (χ0n) is 12.5. The van der Waals surface area contributed by atoms with Crippen LogP contribution >= 0.6 is 0 Å². The molecule has 2 aromatic carbocycles. The lowest BCUT2D eigenvalue weighted by Gasteiger charge is -2.13. The van der Waals surface area contributed by atoms with Gasteiger partial charge in [0, 0.05) is 6.04 Å². The van der Waals surface area contributed by atoms with Crippen LogP contribution in [0.1, 0.15) is 50.3 Å². The highest BCUT2D eigenvalue weighted by molar-refractivity contribution is 5.37. The molecule has 1 unspecified atom stereocenters. The topological polar surface area (TPSA) is 35.2 Å². The first-order chi connectivity index (χ1) is 9.60. The van der Waals surface area contributed by atoms with Crippen molar-refractivity contribution in [1.29, 1.82) is 0 Å². The summed E-state index contributed by atoms with van der Waals surface area (Å²) in [5, 5.41) is 0. The molecule has 2 heteroatoms. The molecule has 0 aliphatic heterocycles. The molecule has 0 fully saturated rings. The molecule has 2 aromatic rings. The fourth-order valence-corrected chi connectivity index (χ4v) is 2.12. The Kier molecular flexibility index (Phi) is 4.80. The lowest BCUT2D eigenvalue weighted by atomic mass is 10.0. The summed E-state index contributed by atoms with van der Waals surface area (Å²) in [4.78, 5) is 0. The summed E-state index contributed by atoms with van der Waals surface area (Å²) in [5.41, 5.74) is 8.46. The van der Waals surface area contributed by atoms with Crippen molar-refractivity contribution in [2.75, 3.05) is 0 Å². The van der Waals surface area contributed by atoms with E-state index >= 15 is 0 Å². The van der Waals surface area contributed by atoms with E-state index in [0.29, 0.717) is 5.92 Å². The predicted octanol–water partition coefficient (Wildman–Crippen LogP) is 5.01. The standard InChI is InChI=1S/C18H23NO/c1-4-18(19)15-8-6-10-17(12-15)20-16-9-5-7-14(11-16)13(2)3/h5-13,18H,4,19H2,1-3H3. The molecule has 0 aliphatic carbocycles. The van der Waals surface area contributed by atoms with E-state index in [1.54, 1.807) is 0 Å². The molecule has 0 radical (unpaired) electrons. The Morgan fingerprint density at radius 1 is 0.950 bits per heavy atom. The van der Waals surface area contributed by atoms with Gasteiger partial charge in [0.2, 0.25) is 0 Å². The fourth-order valence-electron chi connectivity index (χ4n) is 2.12. The van der Waals surface area contributed by atoms with Crippen LogP contribution in [-0.2, 0) is 0 Å². The minimum absolute atomic E-state index is 0.0700. The molecule has 0 aliphatic rings. The smallest absolute Gasteiger partial charge is 0.127 e. The average molecular weight is 269 g/mol. The highest BCUT2D eigenvalue weighted by Crippen LogP contribution is 2.27. The third-order valence-corrected chi connectivity index (χ3v) is 3.49. The molecule has 106 valence electrons. The van der Waals surface area contributed by atoms with E-state index in [2.05, 4.69) is 32.9 Å². The van der Waals surface area contributed by atoms with Gasteiger partial charge < -0.3 is 10.5 Å². The second-order valence-electron chi connectivity index (χ2n) is 5.42. The SMILES string of the molecule is CCC(N)c1cccc(Oc2cccc(C(C)C)c2)c1. The Bertz CT molecular complexity index is 563. The zero-order valence-corrected chi connectivity index (χ0v) is 12.5. The van der Waals surface area contributed by atoms with E-state index in [1.807, 2.05) is 36.4 Å². The van der Waals surface area contributed by atoms with Crippen molar-refractivity contribution in [2.45, 2.75) is 39.2 Å². The van der Waals surface area contributed by atoms with Gasteiger partial charge in [-0.25, -0.2) is 0 Å². The molecule has 0 amide bonds. The minimum Gasteiger partial charge on any atom is -0.457 e. The highest BCUT2D eigenvalue weighted by atomic mass is 16.5. The van der Waals surface area contributed by atoms with Gasteiger partial charge in [0.05, 0.1) is 0 Å². The summed E-state index contributed by atoms with van der Waals surface area (Å²) in [6.07, 6.45) is 0.923. The number of benzene rings is 2. The van der Waals surface area contributed by atoms with E-state index in [-0.39, 0.29) is 6.04 Å². The monoisotopic (exact) mass is 269 g/mol. The van der Waals surface area contributed by atoms with Crippen LogP contribution in [-0.4, -0.2) is 0 Å². The third kappa shape index (κ3) is 3.61. The van der Waals surface area contributed by atoms with Gasteiger partial charge >= 0.3 is 0 Å².